The van der Waals surface area contributed by atoms with E-state index in [1.807, 2.05) is 24.3 Å². The molecule has 2 aromatic carbocycles. The zero-order chi connectivity index (χ0) is 17.8. The van der Waals surface area contributed by atoms with Crippen molar-refractivity contribution in [3.8, 4) is 0 Å². The zero-order valence-corrected chi connectivity index (χ0v) is 14.2. The van der Waals surface area contributed by atoms with Crippen molar-refractivity contribution in [2.24, 2.45) is 0 Å². The van der Waals surface area contributed by atoms with Gasteiger partial charge in [0.2, 0.25) is 0 Å². The molecule has 0 aliphatic carbocycles. The van der Waals surface area contributed by atoms with Crippen LogP contribution in [0.4, 0.5) is 0 Å². The first-order valence-corrected chi connectivity index (χ1v) is 8.06. The van der Waals surface area contributed by atoms with Gasteiger partial charge in [-0.25, -0.2) is 4.79 Å². The molecule has 0 fully saturated rings. The van der Waals surface area contributed by atoms with Gasteiger partial charge in [-0.05, 0) is 18.2 Å². The number of nitrogens with one attached hydrogen (secondary N) is 1. The molecule has 0 bridgehead atoms. The number of benzene rings is 2. The second-order valence-electron chi connectivity index (χ2n) is 5.44. The van der Waals surface area contributed by atoms with Gasteiger partial charge in [-0.15, -0.1) is 0 Å². The molecule has 3 rings (SSSR count). The number of rotatable bonds is 5. The number of carbonyl (C=O) groups excluding carboxylic acids is 1. The van der Waals surface area contributed by atoms with Crippen molar-refractivity contribution < 1.29 is 13.9 Å². The summed E-state index contributed by atoms with van der Waals surface area (Å²) in [5.41, 5.74) is 0.475. The molecule has 0 aliphatic rings. The molecule has 5 nitrogen and oxygen atoms in total. The van der Waals surface area contributed by atoms with Crippen molar-refractivity contribution in [3.05, 3.63) is 81.2 Å². The van der Waals surface area contributed by atoms with Gasteiger partial charge in [0.05, 0.1) is 0 Å². The summed E-state index contributed by atoms with van der Waals surface area (Å²) < 4.78 is 10.6. The molecule has 0 saturated heterocycles. The van der Waals surface area contributed by atoms with Crippen molar-refractivity contribution in [1.29, 1.82) is 0 Å². The van der Waals surface area contributed by atoms with Crippen LogP contribution in [0.3, 0.4) is 0 Å². The maximum atomic E-state index is 12.4. The highest BCUT2D eigenvalue weighted by atomic mass is 35.5. The quantitative estimate of drug-likeness (QED) is 0.709. The fourth-order valence-electron chi connectivity index (χ4n) is 2.56. The number of para-hydroxylation sites is 1. The lowest BCUT2D eigenvalue weighted by atomic mass is 10.1. The van der Waals surface area contributed by atoms with Crippen molar-refractivity contribution in [3.63, 3.8) is 0 Å². The highest BCUT2D eigenvalue weighted by molar-refractivity contribution is 6.31. The van der Waals surface area contributed by atoms with Gasteiger partial charge < -0.3 is 14.5 Å². The average Bonchev–Trinajstić information content (AvgIpc) is 2.62. The molecule has 128 valence electrons. The van der Waals surface area contributed by atoms with Crippen LogP contribution in [-0.4, -0.2) is 19.6 Å². The number of halogens is 1. The normalized spacial score (nSPS) is 12.1. The molecule has 0 radical (unpaired) electrons. The molecule has 1 N–H and O–H groups in total. The Bertz CT molecular complexity index is 967. The summed E-state index contributed by atoms with van der Waals surface area (Å²) in [6.07, 6.45) is -0.426. The Balaban J connectivity index is 1.79. The Morgan fingerprint density at radius 2 is 1.92 bits per heavy atom. The number of hydrogen-bond donors (Lipinski definition) is 1. The lowest BCUT2D eigenvalue weighted by Crippen LogP contribution is -2.32. The van der Waals surface area contributed by atoms with Crippen LogP contribution in [-0.2, 0) is 4.74 Å². The Morgan fingerprint density at radius 3 is 2.68 bits per heavy atom. The van der Waals surface area contributed by atoms with Crippen LogP contribution in [0.2, 0.25) is 5.02 Å². The summed E-state index contributed by atoms with van der Waals surface area (Å²) in [6.45, 7) is 0.172. The van der Waals surface area contributed by atoms with E-state index >= 15 is 0 Å². The second kappa shape index (κ2) is 7.51. The van der Waals surface area contributed by atoms with Crippen LogP contribution in [0, 0.1) is 0 Å². The molecule has 6 heteroatoms. The van der Waals surface area contributed by atoms with Gasteiger partial charge in [0.1, 0.15) is 17.3 Å². The number of fused-ring (bicyclic) bond motifs is 1. The summed E-state index contributed by atoms with van der Waals surface area (Å²) in [6, 6.07) is 15.8. The van der Waals surface area contributed by atoms with Crippen molar-refractivity contribution in [2.45, 2.75) is 6.10 Å². The Morgan fingerprint density at radius 1 is 1.20 bits per heavy atom. The van der Waals surface area contributed by atoms with Gasteiger partial charge in [0.15, 0.2) is 0 Å². The standard InChI is InChI=1S/C19H16ClNO4/c1-24-17(13-7-3-4-8-15(13)20)11-21-18(22)14-10-12-6-2-5-9-16(12)25-19(14)23/h2-10,17H,11H2,1H3,(H,21,22). The molecule has 25 heavy (non-hydrogen) atoms. The van der Waals surface area contributed by atoms with Crippen LogP contribution in [0.1, 0.15) is 22.0 Å². The van der Waals surface area contributed by atoms with Crippen LogP contribution >= 0.6 is 11.6 Å². The van der Waals surface area contributed by atoms with E-state index in [9.17, 15) is 9.59 Å². The van der Waals surface area contributed by atoms with E-state index in [0.717, 1.165) is 5.56 Å². The molecule has 0 saturated carbocycles. The third kappa shape index (κ3) is 3.73. The van der Waals surface area contributed by atoms with Gasteiger partial charge in [0, 0.05) is 29.6 Å². The van der Waals surface area contributed by atoms with Gasteiger partial charge in [0.25, 0.3) is 5.91 Å². The fourth-order valence-corrected chi connectivity index (χ4v) is 2.81. The van der Waals surface area contributed by atoms with E-state index in [-0.39, 0.29) is 12.1 Å². The molecule has 1 amide bonds. The predicted octanol–water partition coefficient (Wildman–Crippen LogP) is 3.56. The molecule has 3 aromatic rings. The first kappa shape index (κ1) is 17.2. The molecule has 1 heterocycles. The van der Waals surface area contributed by atoms with Crippen molar-refractivity contribution >= 4 is 28.5 Å². The summed E-state index contributed by atoms with van der Waals surface area (Å²) >= 11 is 6.16. The topological polar surface area (TPSA) is 68.5 Å². The molecule has 1 aromatic heterocycles. The Kier molecular flexibility index (Phi) is 5.16. The molecule has 1 atom stereocenters. The van der Waals surface area contributed by atoms with Gasteiger partial charge >= 0.3 is 5.63 Å². The van der Waals surface area contributed by atoms with E-state index in [1.165, 1.54) is 13.2 Å². The van der Waals surface area contributed by atoms with Crippen LogP contribution < -0.4 is 10.9 Å². The van der Waals surface area contributed by atoms with Crippen LogP contribution in [0.15, 0.2) is 63.8 Å². The van der Waals surface area contributed by atoms with E-state index < -0.39 is 17.6 Å². The molecular weight excluding hydrogens is 342 g/mol. The van der Waals surface area contributed by atoms with E-state index in [2.05, 4.69) is 5.32 Å². The molecule has 0 aliphatic heterocycles. The lowest BCUT2D eigenvalue weighted by molar-refractivity contribution is 0.0825. The summed E-state index contributed by atoms with van der Waals surface area (Å²) in [7, 11) is 1.53. The van der Waals surface area contributed by atoms with E-state index in [1.54, 1.807) is 24.3 Å². The first-order chi connectivity index (χ1) is 12.1. The largest absolute Gasteiger partial charge is 0.422 e. The van der Waals surface area contributed by atoms with Gasteiger partial charge in [-0.1, -0.05) is 48.0 Å². The molecule has 0 spiro atoms. The number of hydrogen-bond acceptors (Lipinski definition) is 4. The minimum absolute atomic E-state index is 0.0484. The minimum atomic E-state index is -0.678. The van der Waals surface area contributed by atoms with Crippen molar-refractivity contribution in [1.82, 2.24) is 5.32 Å². The summed E-state index contributed by atoms with van der Waals surface area (Å²) in [5, 5.41) is 3.93. The highest BCUT2D eigenvalue weighted by Crippen LogP contribution is 2.24. The van der Waals surface area contributed by atoms with Crippen LogP contribution in [0.25, 0.3) is 11.0 Å². The lowest BCUT2D eigenvalue weighted by Gasteiger charge is -2.17. The predicted molar refractivity (Wildman–Crippen MR) is 96.0 cm³/mol. The maximum Gasteiger partial charge on any atom is 0.349 e. The number of carbonyl (C=O) groups is 1. The maximum absolute atomic E-state index is 12.4. The summed E-state index contributed by atoms with van der Waals surface area (Å²) in [5.74, 6) is -0.520. The van der Waals surface area contributed by atoms with Crippen molar-refractivity contribution in [2.75, 3.05) is 13.7 Å². The third-order valence-electron chi connectivity index (χ3n) is 3.87. The zero-order valence-electron chi connectivity index (χ0n) is 13.5. The van der Waals surface area contributed by atoms with Gasteiger partial charge in [-0.3, -0.25) is 4.79 Å². The number of amides is 1. The fraction of sp³-hybridized carbons (Fsp3) is 0.158. The summed E-state index contributed by atoms with van der Waals surface area (Å²) in [4.78, 5) is 24.4. The number of methoxy groups -OCH3 is 1. The molecule has 1 unspecified atom stereocenters. The smallest absolute Gasteiger partial charge is 0.349 e. The molecular formula is C19H16ClNO4. The second-order valence-corrected chi connectivity index (χ2v) is 5.85. The monoisotopic (exact) mass is 357 g/mol. The van der Waals surface area contributed by atoms with Crippen LogP contribution in [0.5, 0.6) is 0 Å². The average molecular weight is 358 g/mol. The first-order valence-electron chi connectivity index (χ1n) is 7.68. The number of ether oxygens (including phenoxy) is 1. The van der Waals surface area contributed by atoms with E-state index in [0.29, 0.717) is 16.0 Å². The minimum Gasteiger partial charge on any atom is -0.422 e. The van der Waals surface area contributed by atoms with E-state index in [4.69, 9.17) is 20.8 Å². The SMILES string of the molecule is COC(CNC(=O)c1cc2ccccc2oc1=O)c1ccccc1Cl. The Labute approximate surface area is 149 Å². The Hall–Kier alpha value is -2.63. The highest BCUT2D eigenvalue weighted by Gasteiger charge is 2.18. The third-order valence-corrected chi connectivity index (χ3v) is 4.21. The van der Waals surface area contributed by atoms with Gasteiger partial charge in [-0.2, -0.15) is 0 Å².